The Balaban J connectivity index is 0.000000397. The van der Waals surface area contributed by atoms with Gasteiger partial charge in [0.25, 0.3) is 0 Å². The van der Waals surface area contributed by atoms with Crippen LogP contribution >= 0.6 is 0 Å². The zero-order valence-corrected chi connectivity index (χ0v) is 42.1. The van der Waals surface area contributed by atoms with Gasteiger partial charge in [-0.1, -0.05) is 144 Å². The maximum Gasteiger partial charge on any atom is 0.216 e. The van der Waals surface area contributed by atoms with Crippen LogP contribution in [0, 0.1) is 12.1 Å². The summed E-state index contributed by atoms with van der Waals surface area (Å²) in [5.41, 5.74) is 13.2. The van der Waals surface area contributed by atoms with Gasteiger partial charge in [-0.2, -0.15) is 0 Å². The third-order valence-electron chi connectivity index (χ3n) is 12.0. The molecule has 8 nitrogen and oxygen atoms in total. The maximum atomic E-state index is 6.76. The van der Waals surface area contributed by atoms with E-state index in [1.807, 2.05) is 97.1 Å². The number of rotatable bonds is 8. The minimum Gasteiger partial charge on any atom is -0.486 e. The van der Waals surface area contributed by atoms with Gasteiger partial charge in [0.2, 0.25) is 5.71 Å². The third kappa shape index (κ3) is 9.41. The van der Waals surface area contributed by atoms with E-state index in [4.69, 9.17) is 29.3 Å². The summed E-state index contributed by atoms with van der Waals surface area (Å²) in [4.78, 5) is 29.3. The van der Waals surface area contributed by atoms with Gasteiger partial charge in [-0.05, 0) is 82.2 Å². The Hall–Kier alpha value is -7.45. The summed E-state index contributed by atoms with van der Waals surface area (Å²) in [6.07, 6.45) is 1.79. The van der Waals surface area contributed by atoms with Crippen molar-refractivity contribution in [1.29, 1.82) is 0 Å². The summed E-state index contributed by atoms with van der Waals surface area (Å²) in [6, 6.07) is 62.1. The summed E-state index contributed by atoms with van der Waals surface area (Å²) < 4.78 is 9.09. The molecule has 0 fully saturated rings. The number of hydrogen-bond donors (Lipinski definition) is 0. The van der Waals surface area contributed by atoms with Crippen molar-refractivity contribution in [2.75, 3.05) is 0 Å². The second-order valence-electron chi connectivity index (χ2n) is 18.6. The summed E-state index contributed by atoms with van der Waals surface area (Å²) in [7, 11) is 0. The van der Waals surface area contributed by atoms with Crippen molar-refractivity contribution in [2.24, 2.45) is 0 Å². The van der Waals surface area contributed by atoms with E-state index in [0.717, 1.165) is 55.7 Å². The van der Waals surface area contributed by atoms with Crippen LogP contribution in [0.5, 0.6) is 0 Å². The van der Waals surface area contributed by atoms with E-state index < -0.39 is 0 Å². The first kappa shape index (κ1) is 46.7. The maximum absolute atomic E-state index is 6.76. The summed E-state index contributed by atoms with van der Waals surface area (Å²) in [5, 5.41) is 1.84. The van der Waals surface area contributed by atoms with Gasteiger partial charge in [-0.25, -0.2) is 19.9 Å². The first-order valence-electron chi connectivity index (χ1n) is 23.2. The van der Waals surface area contributed by atoms with Gasteiger partial charge in [-0.3, -0.25) is 4.98 Å². The Kier molecular flexibility index (Phi) is 13.3. The molecule has 69 heavy (non-hydrogen) atoms. The quantitative estimate of drug-likeness (QED) is 0.140. The van der Waals surface area contributed by atoms with Gasteiger partial charge >= 0.3 is 0 Å². The molecule has 0 aliphatic rings. The molecule has 0 spiro atoms. The topological polar surface area (TPSA) is 95.4 Å². The number of benzene rings is 6. The van der Waals surface area contributed by atoms with E-state index in [1.54, 1.807) is 6.20 Å². The largest absolute Gasteiger partial charge is 0.486 e. The van der Waals surface area contributed by atoms with E-state index in [2.05, 4.69) is 137 Å². The van der Waals surface area contributed by atoms with Gasteiger partial charge in [0, 0.05) is 48.4 Å². The molecule has 343 valence electrons. The standard InChI is InChI=1S/C49H43N6O.C11H8N.Ir/c1-29(2)37-27-33(31-17-10-8-11-18-31)28-38(30(3)4)42(37)55-41-24-15-14-23-39(41)50-46(55)36-22-16-21-34-35-25-26-40(51-47(35)56-43(34)36)45-52-44(32-19-12-9-13-20-32)53-48(54-45)49(5,6)7;1-2-6-10(7-3-1)11-8-4-5-9-12-11;/h8-21,23-30H,1-7H3;1-6,8-9H;/q2*-1;. The van der Waals surface area contributed by atoms with Crippen molar-refractivity contribution in [2.45, 2.75) is 65.7 Å². The van der Waals surface area contributed by atoms with Gasteiger partial charge in [0.1, 0.15) is 11.5 Å². The van der Waals surface area contributed by atoms with Crippen LogP contribution in [0.1, 0.15) is 77.3 Å². The molecule has 11 aromatic rings. The molecule has 0 aliphatic carbocycles. The molecule has 0 saturated heterocycles. The van der Waals surface area contributed by atoms with Gasteiger partial charge < -0.3 is 14.0 Å². The molecule has 0 bridgehead atoms. The summed E-state index contributed by atoms with van der Waals surface area (Å²) >= 11 is 0. The zero-order chi connectivity index (χ0) is 46.9. The fraction of sp³-hybridized carbons (Fsp3) is 0.167. The Bertz CT molecular complexity index is 3480. The van der Waals surface area contributed by atoms with Crippen LogP contribution in [0.15, 0.2) is 174 Å². The van der Waals surface area contributed by atoms with Crippen molar-refractivity contribution >= 4 is 33.1 Å². The molecule has 0 N–H and O–H groups in total. The first-order valence-corrected chi connectivity index (χ1v) is 23.2. The molecule has 0 saturated carbocycles. The number of para-hydroxylation sites is 2. The molecular formula is C60H51IrN7O-2. The number of nitrogens with zero attached hydrogens (tertiary/aromatic N) is 7. The van der Waals surface area contributed by atoms with E-state index in [1.165, 1.54) is 22.3 Å². The predicted molar refractivity (Wildman–Crippen MR) is 275 cm³/mol. The van der Waals surface area contributed by atoms with Gasteiger partial charge in [0.05, 0.1) is 22.4 Å². The fourth-order valence-corrected chi connectivity index (χ4v) is 8.57. The van der Waals surface area contributed by atoms with Gasteiger partial charge in [-0.15, -0.1) is 54.1 Å². The van der Waals surface area contributed by atoms with Crippen molar-refractivity contribution in [3.63, 3.8) is 0 Å². The van der Waals surface area contributed by atoms with Crippen LogP contribution in [0.3, 0.4) is 0 Å². The van der Waals surface area contributed by atoms with E-state index >= 15 is 0 Å². The minimum atomic E-state index is -0.298. The average molecular weight is 1080 g/mol. The number of furan rings is 1. The molecule has 0 atom stereocenters. The van der Waals surface area contributed by atoms with E-state index in [-0.39, 0.29) is 37.4 Å². The molecule has 0 unspecified atom stereocenters. The second-order valence-corrected chi connectivity index (χ2v) is 18.6. The SMILES string of the molecule is CC(C)c1cc(-c2ccccc2)cc(C(C)C)c1-n1c(-c2[c-]ccc3c2oc2nc(-c4nc(-c5ccccc5)nc(C(C)(C)C)n4)ccc23)nc2ccccc21.[Ir].[c-]1ccccc1-c1ccccn1. The number of hydrogen-bond acceptors (Lipinski definition) is 7. The molecule has 0 aliphatic heterocycles. The Labute approximate surface area is 417 Å². The van der Waals surface area contributed by atoms with Crippen molar-refractivity contribution in [3.8, 4) is 62.4 Å². The molecule has 1 radical (unpaired) electrons. The smallest absolute Gasteiger partial charge is 0.216 e. The van der Waals surface area contributed by atoms with Gasteiger partial charge in [0.15, 0.2) is 11.6 Å². The molecule has 11 rings (SSSR count). The summed E-state index contributed by atoms with van der Waals surface area (Å²) in [5.74, 6) is 3.06. The fourth-order valence-electron chi connectivity index (χ4n) is 8.57. The van der Waals surface area contributed by atoms with E-state index in [9.17, 15) is 0 Å². The van der Waals surface area contributed by atoms with Crippen LogP contribution in [0.4, 0.5) is 0 Å². The normalized spacial score (nSPS) is 11.6. The molecule has 5 aromatic heterocycles. The molecule has 6 aromatic carbocycles. The monoisotopic (exact) mass is 1080 g/mol. The molecule has 0 amide bonds. The molecular weight excluding hydrogens is 1030 g/mol. The average Bonchev–Trinajstić information content (AvgIpc) is 3.95. The van der Waals surface area contributed by atoms with Crippen LogP contribution in [-0.4, -0.2) is 34.5 Å². The Morgan fingerprint density at radius 1 is 0.551 bits per heavy atom. The predicted octanol–water partition coefficient (Wildman–Crippen LogP) is 15.1. The third-order valence-corrected chi connectivity index (χ3v) is 12.0. The minimum absolute atomic E-state index is 0. The van der Waals surface area contributed by atoms with E-state index in [0.29, 0.717) is 34.5 Å². The van der Waals surface area contributed by atoms with Crippen LogP contribution in [0.2, 0.25) is 0 Å². The molecule has 5 heterocycles. The van der Waals surface area contributed by atoms with Crippen molar-refractivity contribution < 1.29 is 24.5 Å². The Morgan fingerprint density at radius 2 is 1.22 bits per heavy atom. The summed E-state index contributed by atoms with van der Waals surface area (Å²) in [6.45, 7) is 15.4. The Morgan fingerprint density at radius 3 is 1.88 bits per heavy atom. The van der Waals surface area contributed by atoms with Crippen LogP contribution in [0.25, 0.3) is 95.5 Å². The van der Waals surface area contributed by atoms with Crippen LogP contribution in [-0.2, 0) is 25.5 Å². The number of imidazole rings is 1. The van der Waals surface area contributed by atoms with Crippen LogP contribution < -0.4 is 0 Å². The molecule has 9 heteroatoms. The number of fused-ring (bicyclic) bond motifs is 4. The number of pyridine rings is 2. The zero-order valence-electron chi connectivity index (χ0n) is 39.7. The second kappa shape index (κ2) is 19.6. The number of aromatic nitrogens is 7. The first-order chi connectivity index (χ1) is 33.0. The van der Waals surface area contributed by atoms with Crippen molar-refractivity contribution in [3.05, 3.63) is 199 Å². The van der Waals surface area contributed by atoms with Crippen molar-refractivity contribution in [1.82, 2.24) is 34.5 Å².